The molecule has 7 nitrogen and oxygen atoms in total. The van der Waals surface area contributed by atoms with Crippen molar-refractivity contribution in [1.82, 2.24) is 10.3 Å². The lowest BCUT2D eigenvalue weighted by Gasteiger charge is -2.30. The van der Waals surface area contributed by atoms with E-state index in [1.807, 2.05) is 0 Å². The van der Waals surface area contributed by atoms with Crippen molar-refractivity contribution < 1.29 is 42.0 Å². The number of nitrogens with one attached hydrogen (secondary N) is 1. The first-order valence-corrected chi connectivity index (χ1v) is 11.2. The van der Waals surface area contributed by atoms with Gasteiger partial charge in [-0.15, -0.1) is 0 Å². The van der Waals surface area contributed by atoms with Crippen LogP contribution in [0.1, 0.15) is 28.5 Å². The van der Waals surface area contributed by atoms with Crippen LogP contribution in [-0.4, -0.2) is 53.6 Å². The van der Waals surface area contributed by atoms with E-state index in [-0.39, 0.29) is 29.4 Å². The molecule has 11 heteroatoms. The minimum Gasteiger partial charge on any atom is -0.493 e. The fourth-order valence-corrected chi connectivity index (χ4v) is 3.43. The van der Waals surface area contributed by atoms with Gasteiger partial charge in [-0.1, -0.05) is 0 Å². The molecule has 0 radical (unpaired) electrons. The monoisotopic (exact) mass is 522 g/mol. The lowest BCUT2D eigenvalue weighted by molar-refractivity contribution is -0.265. The number of methoxy groups -OCH3 is 1. The number of hydrogen-bond acceptors (Lipinski definition) is 6. The topological polar surface area (TPSA) is 101 Å². The SMILES string of the molecule is COc1cc(C(=O)NCC(O)(c2cc(C)cc(-c3ccc(F)cc3)n2)C(F)(F)F)ccc1OCC(C)O. The van der Waals surface area contributed by atoms with Gasteiger partial charge in [-0.25, -0.2) is 9.37 Å². The van der Waals surface area contributed by atoms with Crippen LogP contribution < -0.4 is 14.8 Å². The highest BCUT2D eigenvalue weighted by molar-refractivity contribution is 5.95. The summed E-state index contributed by atoms with van der Waals surface area (Å²) in [4.78, 5) is 16.7. The Morgan fingerprint density at radius 2 is 1.76 bits per heavy atom. The van der Waals surface area contributed by atoms with Gasteiger partial charge in [0.25, 0.3) is 5.91 Å². The summed E-state index contributed by atoms with van der Waals surface area (Å²) in [6.45, 7) is 1.78. The molecule has 0 saturated heterocycles. The van der Waals surface area contributed by atoms with Gasteiger partial charge >= 0.3 is 6.18 Å². The fourth-order valence-electron chi connectivity index (χ4n) is 3.43. The minimum absolute atomic E-state index is 0.0378. The van der Waals surface area contributed by atoms with Gasteiger partial charge < -0.3 is 25.0 Å². The Morgan fingerprint density at radius 1 is 1.08 bits per heavy atom. The number of ether oxygens (including phenoxy) is 2. The third-order valence-corrected chi connectivity index (χ3v) is 5.41. The molecule has 2 aromatic carbocycles. The molecule has 2 atom stereocenters. The number of aliphatic hydroxyl groups excluding tert-OH is 1. The number of nitrogens with zero attached hydrogens (tertiary/aromatic N) is 1. The maximum absolute atomic E-state index is 14.1. The average molecular weight is 522 g/mol. The summed E-state index contributed by atoms with van der Waals surface area (Å²) in [6, 6.07) is 11.5. The number of pyridine rings is 1. The summed E-state index contributed by atoms with van der Waals surface area (Å²) in [5.74, 6) is -1.08. The van der Waals surface area contributed by atoms with Crippen LogP contribution in [-0.2, 0) is 5.60 Å². The Balaban J connectivity index is 1.88. The number of hydrogen-bond donors (Lipinski definition) is 3. The Hall–Kier alpha value is -3.70. The fraction of sp³-hybridized carbons (Fsp3) is 0.308. The predicted octanol–water partition coefficient (Wildman–Crippen LogP) is 4.14. The summed E-state index contributed by atoms with van der Waals surface area (Å²) < 4.78 is 66.2. The van der Waals surface area contributed by atoms with Gasteiger partial charge in [0.05, 0.1) is 31.1 Å². The lowest BCUT2D eigenvalue weighted by Crippen LogP contribution is -2.51. The third-order valence-electron chi connectivity index (χ3n) is 5.41. The van der Waals surface area contributed by atoms with Crippen molar-refractivity contribution in [2.75, 3.05) is 20.3 Å². The largest absolute Gasteiger partial charge is 0.493 e. The van der Waals surface area contributed by atoms with E-state index in [0.717, 1.165) is 18.2 Å². The number of aromatic nitrogens is 1. The molecule has 3 N–H and O–H groups in total. The van der Waals surface area contributed by atoms with Gasteiger partial charge in [0.15, 0.2) is 11.5 Å². The van der Waals surface area contributed by atoms with Gasteiger partial charge in [-0.3, -0.25) is 4.79 Å². The van der Waals surface area contributed by atoms with E-state index in [2.05, 4.69) is 10.3 Å². The summed E-state index contributed by atoms with van der Waals surface area (Å²) >= 11 is 0. The molecule has 1 aromatic heterocycles. The molecule has 1 amide bonds. The van der Waals surface area contributed by atoms with Crippen molar-refractivity contribution in [2.24, 2.45) is 0 Å². The number of aryl methyl sites for hydroxylation is 1. The van der Waals surface area contributed by atoms with Crippen LogP contribution in [0, 0.1) is 12.7 Å². The third kappa shape index (κ3) is 6.55. The van der Waals surface area contributed by atoms with Crippen molar-refractivity contribution in [3.8, 4) is 22.8 Å². The second-order valence-electron chi connectivity index (χ2n) is 8.49. The zero-order valence-corrected chi connectivity index (χ0v) is 20.3. The quantitative estimate of drug-likeness (QED) is 0.365. The molecule has 0 aliphatic heterocycles. The molecule has 37 heavy (non-hydrogen) atoms. The lowest BCUT2D eigenvalue weighted by atomic mass is 9.95. The van der Waals surface area contributed by atoms with Gasteiger partial charge in [0.1, 0.15) is 12.4 Å². The van der Waals surface area contributed by atoms with Crippen molar-refractivity contribution in [1.29, 1.82) is 0 Å². The van der Waals surface area contributed by atoms with Crippen LogP contribution in [0.4, 0.5) is 17.6 Å². The summed E-state index contributed by atoms with van der Waals surface area (Å²) in [6.07, 6.45) is -5.95. The van der Waals surface area contributed by atoms with Crippen LogP contribution >= 0.6 is 0 Å². The molecule has 3 rings (SSSR count). The second kappa shape index (κ2) is 11.1. The molecular formula is C26H26F4N2O5. The Kier molecular flexibility index (Phi) is 8.39. The average Bonchev–Trinajstić information content (AvgIpc) is 2.84. The maximum Gasteiger partial charge on any atom is 0.424 e. The van der Waals surface area contributed by atoms with E-state index in [4.69, 9.17) is 9.47 Å². The predicted molar refractivity (Wildman–Crippen MR) is 127 cm³/mol. The van der Waals surface area contributed by atoms with Gasteiger partial charge in [-0.2, -0.15) is 13.2 Å². The van der Waals surface area contributed by atoms with Crippen LogP contribution in [0.5, 0.6) is 11.5 Å². The Morgan fingerprint density at radius 3 is 2.35 bits per heavy atom. The van der Waals surface area contributed by atoms with Gasteiger partial charge in [-0.05, 0) is 74.0 Å². The summed E-state index contributed by atoms with van der Waals surface area (Å²) in [5.41, 5.74) is -3.47. The Bertz CT molecular complexity index is 1250. The van der Waals surface area contributed by atoms with E-state index >= 15 is 0 Å². The van der Waals surface area contributed by atoms with Gasteiger partial charge in [0, 0.05) is 11.1 Å². The highest BCUT2D eigenvalue weighted by Gasteiger charge is 2.56. The van der Waals surface area contributed by atoms with Crippen LogP contribution in [0.3, 0.4) is 0 Å². The standard InChI is InChI=1S/C26H26F4N2O5/c1-15-10-20(17-4-7-19(27)8-5-17)32-23(11-15)25(35,26(28,29)30)14-31-24(34)18-6-9-21(22(12-18)36-3)37-13-16(2)33/h4-12,16,33,35H,13-14H2,1-3H3,(H,31,34). The number of carbonyl (C=O) groups is 1. The highest BCUT2D eigenvalue weighted by Crippen LogP contribution is 2.39. The molecule has 0 saturated carbocycles. The van der Waals surface area contributed by atoms with Crippen LogP contribution in [0.25, 0.3) is 11.3 Å². The minimum atomic E-state index is -5.20. The molecule has 2 unspecified atom stereocenters. The van der Waals surface area contributed by atoms with E-state index in [0.29, 0.717) is 11.1 Å². The van der Waals surface area contributed by atoms with E-state index in [1.165, 1.54) is 57.4 Å². The molecular weight excluding hydrogens is 496 g/mol. The van der Waals surface area contributed by atoms with Crippen molar-refractivity contribution in [3.05, 3.63) is 77.2 Å². The van der Waals surface area contributed by atoms with Crippen molar-refractivity contribution >= 4 is 5.91 Å². The molecule has 3 aromatic rings. The first-order chi connectivity index (χ1) is 17.3. The van der Waals surface area contributed by atoms with Gasteiger partial charge in [0.2, 0.25) is 5.60 Å². The Labute approximate surface area is 210 Å². The molecule has 0 aliphatic carbocycles. The summed E-state index contributed by atoms with van der Waals surface area (Å²) in [7, 11) is 1.32. The second-order valence-corrected chi connectivity index (χ2v) is 8.49. The number of carbonyl (C=O) groups excluding carboxylic acids is 1. The number of aliphatic hydroxyl groups is 2. The van der Waals surface area contributed by atoms with Crippen LogP contribution in [0.2, 0.25) is 0 Å². The molecule has 198 valence electrons. The molecule has 0 aliphatic rings. The number of halogens is 4. The molecule has 0 bridgehead atoms. The molecule has 0 fully saturated rings. The number of benzene rings is 2. The first kappa shape index (κ1) is 27.9. The van der Waals surface area contributed by atoms with E-state index in [1.54, 1.807) is 0 Å². The first-order valence-electron chi connectivity index (χ1n) is 11.2. The highest BCUT2D eigenvalue weighted by atomic mass is 19.4. The smallest absolute Gasteiger partial charge is 0.424 e. The maximum atomic E-state index is 14.1. The van der Waals surface area contributed by atoms with Crippen molar-refractivity contribution in [3.63, 3.8) is 0 Å². The zero-order valence-electron chi connectivity index (χ0n) is 20.3. The van der Waals surface area contributed by atoms with E-state index < -0.39 is 41.8 Å². The molecule has 1 heterocycles. The van der Waals surface area contributed by atoms with Crippen LogP contribution in [0.15, 0.2) is 54.6 Å². The molecule has 0 spiro atoms. The number of rotatable bonds is 9. The number of amides is 1. The zero-order chi connectivity index (χ0) is 27.4. The normalized spacial score (nSPS) is 14.0. The number of alkyl halides is 3. The van der Waals surface area contributed by atoms with E-state index in [9.17, 15) is 32.6 Å². The van der Waals surface area contributed by atoms with Crippen molar-refractivity contribution in [2.45, 2.75) is 31.7 Å². The summed E-state index contributed by atoms with van der Waals surface area (Å²) in [5, 5.41) is 22.3.